The Morgan fingerprint density at radius 3 is 2.81 bits per heavy atom. The molecule has 2 nitrogen and oxygen atoms in total. The summed E-state index contributed by atoms with van der Waals surface area (Å²) in [5.74, 6) is 1.74. The fourth-order valence-electron chi connectivity index (χ4n) is 3.67. The van der Waals surface area contributed by atoms with Gasteiger partial charge >= 0.3 is 0 Å². The maximum atomic E-state index is 3.72. The molecule has 0 bridgehead atoms. The van der Waals surface area contributed by atoms with Crippen LogP contribution >= 0.6 is 27.3 Å². The lowest BCUT2D eigenvalue weighted by molar-refractivity contribution is 0.150. The molecule has 0 spiro atoms. The lowest BCUT2D eigenvalue weighted by Gasteiger charge is -2.38. The van der Waals surface area contributed by atoms with Crippen LogP contribution in [0.5, 0.6) is 0 Å². The summed E-state index contributed by atoms with van der Waals surface area (Å²) >= 11 is 5.34. The van der Waals surface area contributed by atoms with Gasteiger partial charge in [-0.25, -0.2) is 0 Å². The largest absolute Gasteiger partial charge is 0.314 e. The van der Waals surface area contributed by atoms with Crippen molar-refractivity contribution in [2.45, 2.75) is 52.1 Å². The zero-order chi connectivity index (χ0) is 15.2. The van der Waals surface area contributed by atoms with Gasteiger partial charge in [0.05, 0.1) is 3.79 Å². The molecule has 4 heteroatoms. The van der Waals surface area contributed by atoms with E-state index in [0.29, 0.717) is 0 Å². The highest BCUT2D eigenvalue weighted by molar-refractivity contribution is 9.11. The second kappa shape index (κ2) is 8.66. The molecule has 21 heavy (non-hydrogen) atoms. The van der Waals surface area contributed by atoms with Gasteiger partial charge in [0.2, 0.25) is 0 Å². The SMILES string of the molecule is CCNC1CCC(CC)CC1CN(C)Cc1csc(Br)c1. The molecule has 0 aromatic carbocycles. The van der Waals surface area contributed by atoms with Crippen LogP contribution < -0.4 is 5.32 Å². The minimum atomic E-state index is 0.717. The molecule has 1 heterocycles. The van der Waals surface area contributed by atoms with Crippen LogP contribution in [0.4, 0.5) is 0 Å². The highest BCUT2D eigenvalue weighted by Gasteiger charge is 2.29. The molecule has 1 fully saturated rings. The lowest BCUT2D eigenvalue weighted by Crippen LogP contribution is -2.45. The van der Waals surface area contributed by atoms with Crippen LogP contribution in [-0.4, -0.2) is 31.1 Å². The number of halogens is 1. The zero-order valence-corrected chi connectivity index (χ0v) is 16.0. The maximum Gasteiger partial charge on any atom is 0.0701 e. The normalized spacial score (nSPS) is 26.4. The van der Waals surface area contributed by atoms with E-state index in [-0.39, 0.29) is 0 Å². The highest BCUT2D eigenvalue weighted by Crippen LogP contribution is 2.32. The molecule has 0 saturated heterocycles. The molecule has 1 aliphatic rings. The molecule has 1 aromatic rings. The predicted molar refractivity (Wildman–Crippen MR) is 96.9 cm³/mol. The van der Waals surface area contributed by atoms with Crippen LogP contribution in [0.15, 0.2) is 15.2 Å². The lowest BCUT2D eigenvalue weighted by atomic mass is 9.76. The molecule has 0 amide bonds. The van der Waals surface area contributed by atoms with E-state index < -0.39 is 0 Å². The molecule has 3 unspecified atom stereocenters. The van der Waals surface area contributed by atoms with Gasteiger partial charge in [0.1, 0.15) is 0 Å². The van der Waals surface area contributed by atoms with Crippen molar-refractivity contribution in [3.63, 3.8) is 0 Å². The van der Waals surface area contributed by atoms with Gasteiger partial charge in [-0.15, -0.1) is 11.3 Å². The molecule has 1 aliphatic carbocycles. The number of hydrogen-bond donors (Lipinski definition) is 1. The third-order valence-electron chi connectivity index (χ3n) is 4.76. The number of nitrogens with one attached hydrogen (secondary N) is 1. The van der Waals surface area contributed by atoms with E-state index in [1.807, 2.05) is 0 Å². The number of rotatable bonds is 7. The summed E-state index contributed by atoms with van der Waals surface area (Å²) in [6.45, 7) is 7.95. The first kappa shape index (κ1) is 17.5. The molecular weight excluding hydrogens is 344 g/mol. The molecule has 1 N–H and O–H groups in total. The van der Waals surface area contributed by atoms with Crippen molar-refractivity contribution < 1.29 is 0 Å². The van der Waals surface area contributed by atoms with Crippen LogP contribution in [0.3, 0.4) is 0 Å². The van der Waals surface area contributed by atoms with Gasteiger partial charge < -0.3 is 10.2 Å². The van der Waals surface area contributed by atoms with E-state index in [4.69, 9.17) is 0 Å². The first-order chi connectivity index (χ1) is 10.1. The molecule has 0 radical (unpaired) electrons. The summed E-state index contributed by atoms with van der Waals surface area (Å²) in [6.07, 6.45) is 5.50. The van der Waals surface area contributed by atoms with E-state index >= 15 is 0 Å². The van der Waals surface area contributed by atoms with Crippen molar-refractivity contribution in [2.75, 3.05) is 20.1 Å². The van der Waals surface area contributed by atoms with Crippen molar-refractivity contribution in [3.8, 4) is 0 Å². The Labute approximate surface area is 142 Å². The Morgan fingerprint density at radius 2 is 2.19 bits per heavy atom. The van der Waals surface area contributed by atoms with Gasteiger partial charge in [0.25, 0.3) is 0 Å². The summed E-state index contributed by atoms with van der Waals surface area (Å²) in [7, 11) is 2.27. The second-order valence-electron chi connectivity index (χ2n) is 6.47. The minimum Gasteiger partial charge on any atom is -0.314 e. The van der Waals surface area contributed by atoms with Crippen molar-refractivity contribution in [1.29, 1.82) is 0 Å². The average molecular weight is 373 g/mol. The summed E-state index contributed by atoms with van der Waals surface area (Å²) in [5, 5.41) is 5.98. The topological polar surface area (TPSA) is 15.3 Å². The summed E-state index contributed by atoms with van der Waals surface area (Å²) in [5.41, 5.74) is 1.43. The van der Waals surface area contributed by atoms with Crippen LogP contribution in [0.25, 0.3) is 0 Å². The Hall–Kier alpha value is 0.100. The Kier molecular flexibility index (Phi) is 7.20. The van der Waals surface area contributed by atoms with E-state index in [1.165, 1.54) is 41.6 Å². The summed E-state index contributed by atoms with van der Waals surface area (Å²) < 4.78 is 1.24. The van der Waals surface area contributed by atoms with Crippen LogP contribution in [0.1, 0.15) is 45.1 Å². The Bertz CT molecular complexity index is 421. The molecule has 120 valence electrons. The second-order valence-corrected chi connectivity index (χ2v) is 8.76. The van der Waals surface area contributed by atoms with Gasteiger partial charge in [-0.3, -0.25) is 0 Å². The van der Waals surface area contributed by atoms with E-state index in [2.05, 4.69) is 58.5 Å². The average Bonchev–Trinajstić information content (AvgIpc) is 2.86. The minimum absolute atomic E-state index is 0.717. The molecule has 1 saturated carbocycles. The third kappa shape index (κ3) is 5.34. The quantitative estimate of drug-likeness (QED) is 0.742. The zero-order valence-electron chi connectivity index (χ0n) is 13.6. The predicted octanol–water partition coefficient (Wildman–Crippen LogP) is 4.75. The Balaban J connectivity index is 1.89. The van der Waals surface area contributed by atoms with Crippen molar-refractivity contribution in [2.24, 2.45) is 11.8 Å². The number of nitrogens with zero attached hydrogens (tertiary/aromatic N) is 1. The van der Waals surface area contributed by atoms with E-state index in [0.717, 1.165) is 31.0 Å². The number of thiophene rings is 1. The van der Waals surface area contributed by atoms with Crippen molar-refractivity contribution in [3.05, 3.63) is 20.8 Å². The molecule has 3 atom stereocenters. The first-order valence-electron chi connectivity index (χ1n) is 8.27. The van der Waals surface area contributed by atoms with Crippen LogP contribution in [0, 0.1) is 11.8 Å². The summed E-state index contributed by atoms with van der Waals surface area (Å²) in [6, 6.07) is 2.97. The van der Waals surface area contributed by atoms with E-state index in [9.17, 15) is 0 Å². The molecule has 2 rings (SSSR count). The van der Waals surface area contributed by atoms with Gasteiger partial charge in [0.15, 0.2) is 0 Å². The fourth-order valence-corrected chi connectivity index (χ4v) is 4.87. The molecule has 0 aliphatic heterocycles. The van der Waals surface area contributed by atoms with Crippen molar-refractivity contribution >= 4 is 27.3 Å². The smallest absolute Gasteiger partial charge is 0.0701 e. The standard InChI is InChI=1S/C17H29BrN2S/c1-4-13-6-7-16(19-5-2)15(8-13)11-20(3)10-14-9-17(18)21-12-14/h9,12-13,15-16,19H,4-8,10-11H2,1-3H3. The molecular formula is C17H29BrN2S. The monoisotopic (exact) mass is 372 g/mol. The van der Waals surface area contributed by atoms with Crippen molar-refractivity contribution in [1.82, 2.24) is 10.2 Å². The van der Waals surface area contributed by atoms with Gasteiger partial charge in [-0.05, 0) is 77.6 Å². The number of hydrogen-bond acceptors (Lipinski definition) is 3. The van der Waals surface area contributed by atoms with Gasteiger partial charge in [-0.1, -0.05) is 20.3 Å². The van der Waals surface area contributed by atoms with Crippen LogP contribution in [-0.2, 0) is 6.54 Å². The van der Waals surface area contributed by atoms with Gasteiger partial charge in [-0.2, -0.15) is 0 Å². The Morgan fingerprint density at radius 1 is 1.38 bits per heavy atom. The van der Waals surface area contributed by atoms with E-state index in [1.54, 1.807) is 11.3 Å². The molecule has 1 aromatic heterocycles. The summed E-state index contributed by atoms with van der Waals surface area (Å²) in [4.78, 5) is 2.50. The van der Waals surface area contributed by atoms with Crippen LogP contribution in [0.2, 0.25) is 0 Å². The fraction of sp³-hybridized carbons (Fsp3) is 0.765. The third-order valence-corrected chi connectivity index (χ3v) is 6.31. The maximum absolute atomic E-state index is 3.72. The highest BCUT2D eigenvalue weighted by atomic mass is 79.9. The first-order valence-corrected chi connectivity index (χ1v) is 9.94. The van der Waals surface area contributed by atoms with Gasteiger partial charge in [0, 0.05) is 19.1 Å².